The van der Waals surface area contributed by atoms with Gasteiger partial charge in [-0.3, -0.25) is 9.78 Å². The van der Waals surface area contributed by atoms with E-state index in [-0.39, 0.29) is 11.9 Å². The van der Waals surface area contributed by atoms with Gasteiger partial charge >= 0.3 is 0 Å². The number of hydrogen-bond acceptors (Lipinski definition) is 5. The van der Waals surface area contributed by atoms with Gasteiger partial charge in [-0.15, -0.1) is 0 Å². The van der Waals surface area contributed by atoms with E-state index in [0.717, 1.165) is 56.1 Å². The standard InChI is InChI=1S/C29H40N2O4/c1-6-7-8-15-24(25-19-26(33-3)29(35-5)27(20-25)34-4)16-10-17-28(32)31-22(2)12-9-13-23-14-11-18-30-21-23/h10-11,14,16-22H,6-9,12-13,15H2,1-5H3,(H,31,32)/t22-/m1/s1. The molecule has 0 fully saturated rings. The Kier molecular flexibility index (Phi) is 12.5. The number of ether oxygens (including phenoxy) is 3. The van der Waals surface area contributed by atoms with Crippen LogP contribution in [0, 0.1) is 0 Å². The lowest BCUT2D eigenvalue weighted by Gasteiger charge is -2.16. The van der Waals surface area contributed by atoms with E-state index in [4.69, 9.17) is 14.2 Å². The summed E-state index contributed by atoms with van der Waals surface area (Å²) in [5.41, 5.74) is 3.33. The molecule has 0 aliphatic carbocycles. The Balaban J connectivity index is 2.05. The smallest absolute Gasteiger partial charge is 0.244 e. The van der Waals surface area contributed by atoms with Gasteiger partial charge < -0.3 is 19.5 Å². The monoisotopic (exact) mass is 480 g/mol. The molecule has 1 aromatic carbocycles. The lowest BCUT2D eigenvalue weighted by molar-refractivity contribution is -0.117. The van der Waals surface area contributed by atoms with Crippen LogP contribution in [0.2, 0.25) is 0 Å². The molecule has 190 valence electrons. The topological polar surface area (TPSA) is 69.7 Å². The molecule has 2 aromatic rings. The molecule has 0 radical (unpaired) electrons. The van der Waals surface area contributed by atoms with Gasteiger partial charge in [0.1, 0.15) is 0 Å². The Labute approximate surface area is 210 Å². The number of benzene rings is 1. The lowest BCUT2D eigenvalue weighted by Crippen LogP contribution is -2.31. The third kappa shape index (κ3) is 9.47. The number of carbonyl (C=O) groups is 1. The molecule has 35 heavy (non-hydrogen) atoms. The first kappa shape index (κ1) is 28.0. The maximum absolute atomic E-state index is 12.5. The summed E-state index contributed by atoms with van der Waals surface area (Å²) in [6.07, 6.45) is 16.2. The summed E-state index contributed by atoms with van der Waals surface area (Å²) >= 11 is 0. The number of unbranched alkanes of at least 4 members (excludes halogenated alkanes) is 2. The van der Waals surface area contributed by atoms with Gasteiger partial charge in [-0.2, -0.15) is 0 Å². The van der Waals surface area contributed by atoms with Crippen molar-refractivity contribution in [2.45, 2.75) is 64.8 Å². The number of carbonyl (C=O) groups excluding carboxylic acids is 1. The molecule has 1 amide bonds. The van der Waals surface area contributed by atoms with Crippen molar-refractivity contribution in [2.75, 3.05) is 21.3 Å². The number of nitrogens with one attached hydrogen (secondary N) is 1. The van der Waals surface area contributed by atoms with Crippen LogP contribution in [-0.2, 0) is 11.2 Å². The Morgan fingerprint density at radius 3 is 2.43 bits per heavy atom. The van der Waals surface area contributed by atoms with E-state index < -0.39 is 0 Å². The van der Waals surface area contributed by atoms with Crippen molar-refractivity contribution in [3.63, 3.8) is 0 Å². The first-order chi connectivity index (χ1) is 17.0. The summed E-state index contributed by atoms with van der Waals surface area (Å²) in [6.45, 7) is 4.22. The van der Waals surface area contributed by atoms with Crippen molar-refractivity contribution in [2.24, 2.45) is 0 Å². The molecule has 1 atom stereocenters. The van der Waals surface area contributed by atoms with Gasteiger partial charge in [-0.05, 0) is 73.9 Å². The molecule has 0 saturated heterocycles. The predicted molar refractivity (Wildman–Crippen MR) is 142 cm³/mol. The first-order valence-electron chi connectivity index (χ1n) is 12.4. The summed E-state index contributed by atoms with van der Waals surface area (Å²) in [5.74, 6) is 1.71. The van der Waals surface area contributed by atoms with Gasteiger partial charge in [-0.25, -0.2) is 0 Å². The number of aromatic nitrogens is 1. The van der Waals surface area contributed by atoms with Crippen LogP contribution in [0.1, 0.15) is 63.5 Å². The summed E-state index contributed by atoms with van der Waals surface area (Å²) in [7, 11) is 4.83. The Hall–Kier alpha value is -3.28. The van der Waals surface area contributed by atoms with Gasteiger partial charge in [0.05, 0.1) is 21.3 Å². The van der Waals surface area contributed by atoms with Crippen molar-refractivity contribution in [3.05, 3.63) is 66.0 Å². The Bertz CT molecular complexity index is 945. The maximum atomic E-state index is 12.5. The SMILES string of the molecule is CCCCCC(=CC=CC(=O)N[C@H](C)CCCc1cccnc1)c1cc(OC)c(OC)c(OC)c1. The van der Waals surface area contributed by atoms with Gasteiger partial charge in [0, 0.05) is 24.5 Å². The number of pyridine rings is 1. The molecule has 0 spiro atoms. The Morgan fingerprint density at radius 2 is 1.83 bits per heavy atom. The molecule has 0 aliphatic heterocycles. The molecule has 1 aromatic heterocycles. The van der Waals surface area contributed by atoms with Gasteiger partial charge in [0.2, 0.25) is 11.7 Å². The molecule has 2 rings (SSSR count). The van der Waals surface area contributed by atoms with E-state index in [9.17, 15) is 4.79 Å². The number of allylic oxidation sites excluding steroid dienone is 3. The molecule has 1 heterocycles. The maximum Gasteiger partial charge on any atom is 0.244 e. The van der Waals surface area contributed by atoms with E-state index in [1.807, 2.05) is 43.5 Å². The average Bonchev–Trinajstić information content (AvgIpc) is 2.87. The highest BCUT2D eigenvalue weighted by Gasteiger charge is 2.15. The van der Waals surface area contributed by atoms with E-state index in [0.29, 0.717) is 17.2 Å². The highest BCUT2D eigenvalue weighted by molar-refractivity contribution is 5.88. The minimum Gasteiger partial charge on any atom is -0.493 e. The van der Waals surface area contributed by atoms with Crippen molar-refractivity contribution >= 4 is 11.5 Å². The summed E-state index contributed by atoms with van der Waals surface area (Å²) in [4.78, 5) is 16.6. The average molecular weight is 481 g/mol. The first-order valence-corrected chi connectivity index (χ1v) is 12.4. The number of nitrogens with zero attached hydrogens (tertiary/aromatic N) is 1. The second-order valence-corrected chi connectivity index (χ2v) is 8.59. The molecular weight excluding hydrogens is 440 g/mol. The van der Waals surface area contributed by atoms with Crippen molar-refractivity contribution in [1.82, 2.24) is 10.3 Å². The fourth-order valence-corrected chi connectivity index (χ4v) is 3.93. The fraction of sp³-hybridized carbons (Fsp3) is 0.448. The molecular formula is C29H40N2O4. The highest BCUT2D eigenvalue weighted by Crippen LogP contribution is 2.40. The van der Waals surface area contributed by atoms with Crippen LogP contribution in [-0.4, -0.2) is 38.3 Å². The number of amides is 1. The quantitative estimate of drug-likeness (QED) is 0.188. The molecule has 0 saturated carbocycles. The number of aryl methyl sites for hydroxylation is 1. The van der Waals surface area contributed by atoms with Crippen molar-refractivity contribution < 1.29 is 19.0 Å². The third-order valence-electron chi connectivity index (χ3n) is 5.84. The van der Waals surface area contributed by atoms with Crippen molar-refractivity contribution in [1.29, 1.82) is 0 Å². The van der Waals surface area contributed by atoms with Crippen LogP contribution >= 0.6 is 0 Å². The second-order valence-electron chi connectivity index (χ2n) is 8.59. The van der Waals surface area contributed by atoms with Crippen LogP contribution < -0.4 is 19.5 Å². The van der Waals surface area contributed by atoms with Crippen LogP contribution in [0.25, 0.3) is 5.57 Å². The lowest BCUT2D eigenvalue weighted by atomic mass is 9.98. The van der Waals surface area contributed by atoms with E-state index in [1.165, 1.54) is 5.56 Å². The molecule has 6 heteroatoms. The molecule has 0 bridgehead atoms. The van der Waals surface area contributed by atoms with E-state index >= 15 is 0 Å². The molecule has 1 N–H and O–H groups in total. The number of hydrogen-bond donors (Lipinski definition) is 1. The Morgan fingerprint density at radius 1 is 1.09 bits per heavy atom. The zero-order chi connectivity index (χ0) is 25.5. The second kappa shape index (κ2) is 15.6. The van der Waals surface area contributed by atoms with Crippen LogP contribution in [0.4, 0.5) is 0 Å². The van der Waals surface area contributed by atoms with Gasteiger partial charge in [0.25, 0.3) is 0 Å². The van der Waals surface area contributed by atoms with Crippen LogP contribution in [0.15, 0.2) is 54.9 Å². The normalized spacial score (nSPS) is 12.4. The predicted octanol–water partition coefficient (Wildman–Crippen LogP) is 6.15. The minimum atomic E-state index is -0.0899. The van der Waals surface area contributed by atoms with Gasteiger partial charge in [-0.1, -0.05) is 38.0 Å². The van der Waals surface area contributed by atoms with Crippen LogP contribution in [0.3, 0.4) is 0 Å². The van der Waals surface area contributed by atoms with Crippen molar-refractivity contribution in [3.8, 4) is 17.2 Å². The minimum absolute atomic E-state index is 0.0899. The zero-order valence-corrected chi connectivity index (χ0v) is 21.8. The molecule has 0 aliphatic rings. The highest BCUT2D eigenvalue weighted by atomic mass is 16.5. The molecule has 6 nitrogen and oxygen atoms in total. The van der Waals surface area contributed by atoms with E-state index in [2.05, 4.69) is 23.3 Å². The molecule has 0 unspecified atom stereocenters. The number of methoxy groups -OCH3 is 3. The van der Waals surface area contributed by atoms with Gasteiger partial charge in [0.15, 0.2) is 11.5 Å². The summed E-state index contributed by atoms with van der Waals surface area (Å²) in [5, 5.41) is 3.06. The largest absolute Gasteiger partial charge is 0.493 e. The van der Waals surface area contributed by atoms with E-state index in [1.54, 1.807) is 33.6 Å². The fourth-order valence-electron chi connectivity index (χ4n) is 3.93. The summed E-state index contributed by atoms with van der Waals surface area (Å²) < 4.78 is 16.5. The third-order valence-corrected chi connectivity index (χ3v) is 5.84. The zero-order valence-electron chi connectivity index (χ0n) is 21.8. The number of rotatable bonds is 15. The van der Waals surface area contributed by atoms with Crippen LogP contribution in [0.5, 0.6) is 17.2 Å². The summed E-state index contributed by atoms with van der Waals surface area (Å²) in [6, 6.07) is 8.05.